The average molecular weight is 237 g/mol. The lowest BCUT2D eigenvalue weighted by atomic mass is 10.1. The molecule has 0 unspecified atom stereocenters. The highest BCUT2D eigenvalue weighted by Gasteiger charge is 2.20. The predicted octanol–water partition coefficient (Wildman–Crippen LogP) is 1.38. The van der Waals surface area contributed by atoms with Gasteiger partial charge in [0.15, 0.2) is 0 Å². The molecule has 7 heteroatoms. The van der Waals surface area contributed by atoms with Crippen molar-refractivity contribution in [3.63, 3.8) is 0 Å². The zero-order valence-electron chi connectivity index (χ0n) is 8.64. The first-order valence-electron chi connectivity index (χ1n) is 4.65. The maximum atomic E-state index is 12.8. The normalized spacial score (nSPS) is 9.41. The molecular weight excluding hydrogens is 229 g/mol. The second-order valence-corrected chi connectivity index (χ2v) is 3.08. The molecule has 1 rings (SSSR count). The molecule has 0 bridgehead atoms. The molecular formula is C10H8FN3O3. The van der Waals surface area contributed by atoms with E-state index in [1.807, 2.05) is 6.07 Å². The number of rotatable bonds is 4. The van der Waals surface area contributed by atoms with Crippen LogP contribution in [0.15, 0.2) is 18.2 Å². The van der Waals surface area contributed by atoms with Gasteiger partial charge in [0.1, 0.15) is 11.4 Å². The van der Waals surface area contributed by atoms with Crippen molar-refractivity contribution in [2.24, 2.45) is 0 Å². The number of nitro benzene ring substituents is 1. The number of carbonyl (C=O) groups is 1. The Kier molecular flexibility index (Phi) is 4.11. The van der Waals surface area contributed by atoms with E-state index in [1.165, 1.54) is 0 Å². The summed E-state index contributed by atoms with van der Waals surface area (Å²) < 4.78 is 12.8. The fourth-order valence-electron chi connectivity index (χ4n) is 1.18. The number of hydrogen-bond acceptors (Lipinski definition) is 4. The van der Waals surface area contributed by atoms with Gasteiger partial charge in [-0.25, -0.2) is 4.39 Å². The van der Waals surface area contributed by atoms with Gasteiger partial charge in [0.2, 0.25) is 0 Å². The van der Waals surface area contributed by atoms with Gasteiger partial charge in [0.05, 0.1) is 23.5 Å². The number of nitrogens with one attached hydrogen (secondary N) is 1. The first-order chi connectivity index (χ1) is 8.06. The molecule has 17 heavy (non-hydrogen) atoms. The SMILES string of the molecule is N#CCCNC(=O)c1ccc(F)cc1[N+](=O)[O-]. The smallest absolute Gasteiger partial charge is 0.285 e. The molecule has 0 fully saturated rings. The standard InChI is InChI=1S/C10H8FN3O3/c11-7-2-3-8(9(6-7)14(16)17)10(15)13-5-1-4-12/h2-3,6H,1,5H2,(H,13,15). The number of nitro groups is 1. The lowest BCUT2D eigenvalue weighted by Crippen LogP contribution is -2.25. The Hall–Kier alpha value is -2.49. The Morgan fingerprint density at radius 2 is 2.29 bits per heavy atom. The van der Waals surface area contributed by atoms with Crippen LogP contribution in [0, 0.1) is 27.3 Å². The van der Waals surface area contributed by atoms with E-state index < -0.39 is 22.3 Å². The van der Waals surface area contributed by atoms with Crippen molar-refractivity contribution < 1.29 is 14.1 Å². The summed E-state index contributed by atoms with van der Waals surface area (Å²) in [5.41, 5.74) is -0.825. The Morgan fingerprint density at radius 3 is 2.88 bits per heavy atom. The molecule has 1 aromatic carbocycles. The first kappa shape index (κ1) is 12.6. The van der Waals surface area contributed by atoms with Crippen molar-refractivity contribution in [1.29, 1.82) is 5.26 Å². The van der Waals surface area contributed by atoms with Crippen molar-refractivity contribution in [2.75, 3.05) is 6.54 Å². The fraction of sp³-hybridized carbons (Fsp3) is 0.200. The summed E-state index contributed by atoms with van der Waals surface area (Å²) in [5.74, 6) is -1.49. The molecule has 0 atom stereocenters. The molecule has 0 saturated heterocycles. The number of halogens is 1. The largest absolute Gasteiger partial charge is 0.351 e. The maximum absolute atomic E-state index is 12.8. The zero-order chi connectivity index (χ0) is 12.8. The number of nitriles is 1. The van der Waals surface area contributed by atoms with Crippen LogP contribution in [-0.2, 0) is 0 Å². The molecule has 0 saturated carbocycles. The molecule has 1 N–H and O–H groups in total. The van der Waals surface area contributed by atoms with Crippen LogP contribution in [0.1, 0.15) is 16.8 Å². The fourth-order valence-corrected chi connectivity index (χ4v) is 1.18. The van der Waals surface area contributed by atoms with Crippen molar-refractivity contribution in [2.45, 2.75) is 6.42 Å². The van der Waals surface area contributed by atoms with Gasteiger partial charge in [0, 0.05) is 6.54 Å². The zero-order valence-corrected chi connectivity index (χ0v) is 8.64. The highest BCUT2D eigenvalue weighted by Crippen LogP contribution is 2.19. The van der Waals surface area contributed by atoms with Gasteiger partial charge in [-0.15, -0.1) is 0 Å². The number of hydrogen-bond donors (Lipinski definition) is 1. The van der Waals surface area contributed by atoms with Crippen LogP contribution >= 0.6 is 0 Å². The second-order valence-electron chi connectivity index (χ2n) is 3.08. The molecule has 1 aromatic rings. The highest BCUT2D eigenvalue weighted by molar-refractivity contribution is 5.98. The van der Waals surface area contributed by atoms with E-state index >= 15 is 0 Å². The van der Waals surface area contributed by atoms with Gasteiger partial charge in [0.25, 0.3) is 11.6 Å². The predicted molar refractivity (Wildman–Crippen MR) is 55.6 cm³/mol. The number of carbonyl (C=O) groups excluding carboxylic acids is 1. The topological polar surface area (TPSA) is 96.0 Å². The minimum atomic E-state index is -0.831. The third-order valence-electron chi connectivity index (χ3n) is 1.92. The summed E-state index contributed by atoms with van der Waals surface area (Å²) in [4.78, 5) is 21.3. The molecule has 0 radical (unpaired) electrons. The van der Waals surface area contributed by atoms with Crippen LogP contribution in [0.25, 0.3) is 0 Å². The van der Waals surface area contributed by atoms with E-state index in [0.29, 0.717) is 6.07 Å². The summed E-state index contributed by atoms with van der Waals surface area (Å²) in [6.45, 7) is 0.0872. The van der Waals surface area contributed by atoms with E-state index in [4.69, 9.17) is 5.26 Å². The lowest BCUT2D eigenvalue weighted by Gasteiger charge is -2.03. The minimum absolute atomic E-state index is 0.0872. The van der Waals surface area contributed by atoms with Crippen molar-refractivity contribution >= 4 is 11.6 Å². The average Bonchev–Trinajstić information content (AvgIpc) is 2.29. The molecule has 88 valence electrons. The van der Waals surface area contributed by atoms with Gasteiger partial charge in [-0.1, -0.05) is 0 Å². The van der Waals surface area contributed by atoms with E-state index in [0.717, 1.165) is 12.1 Å². The maximum Gasteiger partial charge on any atom is 0.285 e. The summed E-state index contributed by atoms with van der Waals surface area (Å²) in [6.07, 6.45) is 0.0979. The molecule has 1 amide bonds. The van der Waals surface area contributed by atoms with Gasteiger partial charge in [-0.2, -0.15) is 5.26 Å². The number of nitrogens with zero attached hydrogens (tertiary/aromatic N) is 2. The van der Waals surface area contributed by atoms with Gasteiger partial charge in [-0.3, -0.25) is 14.9 Å². The van der Waals surface area contributed by atoms with E-state index in [2.05, 4.69) is 5.32 Å². The quantitative estimate of drug-likeness (QED) is 0.486. The van der Waals surface area contributed by atoms with Crippen LogP contribution in [0.4, 0.5) is 10.1 Å². The molecule has 0 aliphatic carbocycles. The van der Waals surface area contributed by atoms with Crippen LogP contribution in [0.5, 0.6) is 0 Å². The summed E-state index contributed by atoms with van der Waals surface area (Å²) in [7, 11) is 0. The Bertz CT molecular complexity index is 496. The van der Waals surface area contributed by atoms with Crippen molar-refractivity contribution in [3.05, 3.63) is 39.7 Å². The summed E-state index contributed by atoms with van der Waals surface area (Å²) in [6, 6.07) is 4.49. The molecule has 0 aliphatic heterocycles. The molecule has 0 aromatic heterocycles. The van der Waals surface area contributed by atoms with Crippen LogP contribution in [0.3, 0.4) is 0 Å². The summed E-state index contributed by atoms with van der Waals surface area (Å²) in [5, 5.41) is 21.2. The number of benzene rings is 1. The molecule has 0 aliphatic rings. The van der Waals surface area contributed by atoms with E-state index in [9.17, 15) is 19.3 Å². The van der Waals surface area contributed by atoms with Crippen molar-refractivity contribution in [3.8, 4) is 6.07 Å². The Labute approximate surface area is 95.8 Å². The van der Waals surface area contributed by atoms with Gasteiger partial charge >= 0.3 is 0 Å². The summed E-state index contributed by atoms with van der Waals surface area (Å²) >= 11 is 0. The van der Waals surface area contributed by atoms with Gasteiger partial charge < -0.3 is 5.32 Å². The third kappa shape index (κ3) is 3.24. The highest BCUT2D eigenvalue weighted by atomic mass is 19.1. The van der Waals surface area contributed by atoms with E-state index in [-0.39, 0.29) is 18.5 Å². The first-order valence-corrected chi connectivity index (χ1v) is 4.65. The Balaban J connectivity index is 2.93. The van der Waals surface area contributed by atoms with Crippen LogP contribution in [-0.4, -0.2) is 17.4 Å². The van der Waals surface area contributed by atoms with Crippen LogP contribution < -0.4 is 5.32 Å². The molecule has 6 nitrogen and oxygen atoms in total. The number of amides is 1. The van der Waals surface area contributed by atoms with Crippen LogP contribution in [0.2, 0.25) is 0 Å². The second kappa shape index (κ2) is 5.55. The van der Waals surface area contributed by atoms with Crippen molar-refractivity contribution in [1.82, 2.24) is 5.32 Å². The Morgan fingerprint density at radius 1 is 1.59 bits per heavy atom. The van der Waals surface area contributed by atoms with Gasteiger partial charge in [-0.05, 0) is 12.1 Å². The minimum Gasteiger partial charge on any atom is -0.351 e. The molecule has 0 heterocycles. The lowest BCUT2D eigenvalue weighted by molar-refractivity contribution is -0.385. The van der Waals surface area contributed by atoms with E-state index in [1.54, 1.807) is 0 Å². The molecule has 0 spiro atoms. The third-order valence-corrected chi connectivity index (χ3v) is 1.92. The monoisotopic (exact) mass is 237 g/mol.